The summed E-state index contributed by atoms with van der Waals surface area (Å²) in [6.45, 7) is 0. The Hall–Kier alpha value is -3.13. The van der Waals surface area contributed by atoms with Crippen molar-refractivity contribution in [3.8, 4) is 0 Å². The van der Waals surface area contributed by atoms with Crippen LogP contribution in [0.3, 0.4) is 0 Å². The Morgan fingerprint density at radius 2 is 1.47 bits per heavy atom. The van der Waals surface area contributed by atoms with Crippen LogP contribution in [0.5, 0.6) is 0 Å². The summed E-state index contributed by atoms with van der Waals surface area (Å²) in [5.74, 6) is -1.11. The molecule has 0 aliphatic carbocycles. The number of benzene rings is 3. The molecule has 0 unspecified atom stereocenters. The summed E-state index contributed by atoms with van der Waals surface area (Å²) >= 11 is 5.95. The second-order valence-corrected chi connectivity index (χ2v) is 10.4. The van der Waals surface area contributed by atoms with Crippen LogP contribution in [0, 0.1) is 0 Å². The van der Waals surface area contributed by atoms with E-state index in [1.54, 1.807) is 22.4 Å². The van der Waals surface area contributed by atoms with Gasteiger partial charge in [0, 0.05) is 5.56 Å². The van der Waals surface area contributed by atoms with Crippen LogP contribution in [0.25, 0.3) is 0 Å². The van der Waals surface area contributed by atoms with Gasteiger partial charge in [-0.1, -0.05) is 41.9 Å². The first-order valence-electron chi connectivity index (χ1n) is 9.17. The van der Waals surface area contributed by atoms with Crippen molar-refractivity contribution in [2.24, 2.45) is 0 Å². The molecule has 0 aliphatic rings. The molecule has 0 spiro atoms. The van der Waals surface area contributed by atoms with E-state index in [0.29, 0.717) is 6.07 Å². The molecule has 0 radical (unpaired) electrons. The van der Waals surface area contributed by atoms with Crippen LogP contribution in [0.4, 0.5) is 18.9 Å². The molecule has 0 fully saturated rings. The number of sulfonamides is 2. The van der Waals surface area contributed by atoms with Crippen molar-refractivity contribution < 1.29 is 34.8 Å². The van der Waals surface area contributed by atoms with Gasteiger partial charge in [-0.15, -0.1) is 4.83 Å². The Balaban J connectivity index is 1.80. The predicted octanol–water partition coefficient (Wildman–Crippen LogP) is 3.78. The summed E-state index contributed by atoms with van der Waals surface area (Å²) in [4.78, 5) is 12.5. The van der Waals surface area contributed by atoms with Crippen molar-refractivity contribution in [2.75, 3.05) is 4.72 Å². The number of nitrogens with one attached hydrogen (secondary N) is 3. The van der Waals surface area contributed by atoms with Crippen LogP contribution in [0.15, 0.2) is 82.6 Å². The van der Waals surface area contributed by atoms with E-state index >= 15 is 0 Å². The van der Waals surface area contributed by atoms with Crippen molar-refractivity contribution in [1.29, 1.82) is 0 Å². The lowest BCUT2D eigenvalue weighted by molar-refractivity contribution is -0.139. The molecule has 1 amide bonds. The van der Waals surface area contributed by atoms with Gasteiger partial charge in [-0.05, 0) is 42.5 Å². The fraction of sp³-hybridized carbons (Fsp3) is 0.0500. The molecule has 0 aliphatic heterocycles. The van der Waals surface area contributed by atoms with E-state index in [2.05, 4.69) is 4.72 Å². The first-order chi connectivity index (χ1) is 15.8. The molecule has 14 heteroatoms. The van der Waals surface area contributed by atoms with Crippen LogP contribution in [-0.2, 0) is 26.2 Å². The lowest BCUT2D eigenvalue weighted by Gasteiger charge is -2.14. The minimum atomic E-state index is -4.95. The lowest BCUT2D eigenvalue weighted by Crippen LogP contribution is -2.42. The molecule has 8 nitrogen and oxygen atoms in total. The summed E-state index contributed by atoms with van der Waals surface area (Å²) in [6.07, 6.45) is -4.95. The number of carbonyl (C=O) groups is 1. The second-order valence-electron chi connectivity index (χ2n) is 6.67. The number of anilines is 1. The van der Waals surface area contributed by atoms with Crippen molar-refractivity contribution in [1.82, 2.24) is 10.3 Å². The van der Waals surface area contributed by atoms with Gasteiger partial charge in [0.1, 0.15) is 0 Å². The zero-order valence-corrected chi connectivity index (χ0v) is 19.2. The van der Waals surface area contributed by atoms with Gasteiger partial charge in [-0.2, -0.15) is 13.2 Å². The number of halogens is 4. The van der Waals surface area contributed by atoms with Gasteiger partial charge in [0.05, 0.1) is 26.1 Å². The number of para-hydroxylation sites is 1. The molecule has 0 aromatic heterocycles. The Kier molecular flexibility index (Phi) is 7.21. The van der Waals surface area contributed by atoms with Crippen molar-refractivity contribution in [3.63, 3.8) is 0 Å². The Labute approximate surface area is 197 Å². The molecular weight excluding hydrogens is 519 g/mol. The average molecular weight is 534 g/mol. The zero-order chi connectivity index (χ0) is 25.1. The molecule has 3 aromatic carbocycles. The SMILES string of the molecule is O=C(NNS(=O)(=O)c1ccccc1C(F)(F)F)c1cccc(S(=O)(=O)Nc2ccccc2Cl)c1. The molecule has 0 atom stereocenters. The summed E-state index contributed by atoms with van der Waals surface area (Å²) in [5.41, 5.74) is 0.162. The molecule has 0 saturated carbocycles. The summed E-state index contributed by atoms with van der Waals surface area (Å²) in [5, 5.41) is 0.133. The van der Waals surface area contributed by atoms with Crippen LogP contribution in [0.1, 0.15) is 15.9 Å². The maximum absolute atomic E-state index is 13.1. The van der Waals surface area contributed by atoms with Gasteiger partial charge in [0.2, 0.25) is 0 Å². The average Bonchev–Trinajstić information content (AvgIpc) is 2.78. The van der Waals surface area contributed by atoms with Crippen LogP contribution < -0.4 is 15.0 Å². The number of hydrazine groups is 1. The van der Waals surface area contributed by atoms with E-state index in [4.69, 9.17) is 11.6 Å². The first kappa shape index (κ1) is 25.5. The minimum absolute atomic E-state index is 0.0927. The monoisotopic (exact) mass is 533 g/mol. The number of hydrogen-bond acceptors (Lipinski definition) is 5. The fourth-order valence-corrected chi connectivity index (χ4v) is 5.16. The number of amides is 1. The third kappa shape index (κ3) is 5.86. The third-order valence-corrected chi connectivity index (χ3v) is 7.30. The Bertz CT molecular complexity index is 1450. The third-order valence-electron chi connectivity index (χ3n) is 4.31. The number of carbonyl (C=O) groups excluding carboxylic acids is 1. The molecule has 180 valence electrons. The van der Waals surface area contributed by atoms with Gasteiger partial charge in [-0.3, -0.25) is 14.9 Å². The second kappa shape index (κ2) is 9.62. The van der Waals surface area contributed by atoms with Gasteiger partial charge < -0.3 is 0 Å². The molecule has 0 bridgehead atoms. The lowest BCUT2D eigenvalue weighted by atomic mass is 10.2. The first-order valence-corrected chi connectivity index (χ1v) is 12.5. The topological polar surface area (TPSA) is 121 Å². The summed E-state index contributed by atoms with van der Waals surface area (Å²) in [6, 6.07) is 14.0. The van der Waals surface area contributed by atoms with E-state index in [1.165, 1.54) is 30.3 Å². The van der Waals surface area contributed by atoms with Gasteiger partial charge in [-0.25, -0.2) is 16.8 Å². The molecule has 3 rings (SSSR count). The van der Waals surface area contributed by atoms with Crippen molar-refractivity contribution >= 4 is 43.2 Å². The summed E-state index contributed by atoms with van der Waals surface area (Å²) in [7, 11) is -8.99. The van der Waals surface area contributed by atoms with Gasteiger partial charge in [0.15, 0.2) is 0 Å². The van der Waals surface area contributed by atoms with Crippen LogP contribution in [-0.4, -0.2) is 22.7 Å². The predicted molar refractivity (Wildman–Crippen MR) is 118 cm³/mol. The fourth-order valence-electron chi connectivity index (χ4n) is 2.73. The number of rotatable bonds is 7. The van der Waals surface area contributed by atoms with Crippen molar-refractivity contribution in [2.45, 2.75) is 16.0 Å². The normalized spacial score (nSPS) is 12.2. The van der Waals surface area contributed by atoms with E-state index in [0.717, 1.165) is 24.3 Å². The quantitative estimate of drug-likeness (QED) is 0.399. The Morgan fingerprint density at radius 1 is 0.824 bits per heavy atom. The summed E-state index contributed by atoms with van der Waals surface area (Å²) < 4.78 is 91.6. The molecule has 3 aromatic rings. The Morgan fingerprint density at radius 3 is 2.15 bits per heavy atom. The highest BCUT2D eigenvalue weighted by Gasteiger charge is 2.37. The standard InChI is InChI=1S/C20H15ClF3N3O5S2/c21-16-9-2-3-10-17(16)26-33(29,30)14-7-5-6-13(12-14)19(28)25-27-34(31,32)18-11-4-1-8-15(18)20(22,23)24/h1-12,26-27H,(H,25,28). The highest BCUT2D eigenvalue weighted by Crippen LogP contribution is 2.33. The molecule has 3 N–H and O–H groups in total. The van der Waals surface area contributed by atoms with E-state index in [1.807, 2.05) is 0 Å². The van der Waals surface area contributed by atoms with Gasteiger partial charge >= 0.3 is 6.18 Å². The van der Waals surface area contributed by atoms with E-state index < -0.39 is 42.6 Å². The smallest absolute Gasteiger partial charge is 0.278 e. The maximum Gasteiger partial charge on any atom is 0.417 e. The highest BCUT2D eigenvalue weighted by atomic mass is 35.5. The minimum Gasteiger partial charge on any atom is -0.278 e. The van der Waals surface area contributed by atoms with Crippen LogP contribution in [0.2, 0.25) is 5.02 Å². The van der Waals surface area contributed by atoms with E-state index in [-0.39, 0.29) is 21.2 Å². The van der Waals surface area contributed by atoms with Gasteiger partial charge in [0.25, 0.3) is 26.0 Å². The molecule has 0 saturated heterocycles. The maximum atomic E-state index is 13.1. The van der Waals surface area contributed by atoms with Crippen LogP contribution >= 0.6 is 11.6 Å². The molecule has 0 heterocycles. The molecular formula is C20H15ClF3N3O5S2. The van der Waals surface area contributed by atoms with Crippen molar-refractivity contribution in [3.05, 3.63) is 88.9 Å². The number of hydrogen-bond donors (Lipinski definition) is 3. The molecule has 34 heavy (non-hydrogen) atoms. The number of alkyl halides is 3. The largest absolute Gasteiger partial charge is 0.417 e. The highest BCUT2D eigenvalue weighted by molar-refractivity contribution is 7.92. The van der Waals surface area contributed by atoms with E-state index in [9.17, 15) is 34.8 Å². The zero-order valence-electron chi connectivity index (χ0n) is 16.8.